The van der Waals surface area contributed by atoms with Crippen LogP contribution in [0.2, 0.25) is 0 Å². The van der Waals surface area contributed by atoms with Gasteiger partial charge in [0.1, 0.15) is 0 Å². The first kappa shape index (κ1) is 14.4. The Morgan fingerprint density at radius 2 is 2.35 bits per heavy atom. The van der Waals surface area contributed by atoms with Crippen LogP contribution >= 0.6 is 0 Å². The predicted molar refractivity (Wildman–Crippen MR) is 79.2 cm³/mol. The molecule has 2 rings (SSSR count). The average Bonchev–Trinajstić information content (AvgIpc) is 2.92. The Morgan fingerprint density at radius 1 is 1.45 bits per heavy atom. The van der Waals surface area contributed by atoms with Crippen LogP contribution in [0.3, 0.4) is 0 Å². The number of pyridine rings is 1. The van der Waals surface area contributed by atoms with Crippen molar-refractivity contribution in [3.8, 4) is 11.3 Å². The summed E-state index contributed by atoms with van der Waals surface area (Å²) in [6.45, 7) is 8.59. The number of hydrogen-bond donors (Lipinski definition) is 2. The number of hydrogen-bond acceptors (Lipinski definition) is 4. The summed E-state index contributed by atoms with van der Waals surface area (Å²) >= 11 is 0. The van der Waals surface area contributed by atoms with Gasteiger partial charge in [0.25, 0.3) is 0 Å². The highest BCUT2D eigenvalue weighted by atomic mass is 16.5. The first-order valence-electron chi connectivity index (χ1n) is 6.63. The zero-order chi connectivity index (χ0) is 14.2. The Labute approximate surface area is 119 Å². The standard InChI is InChI=1S/C15H20N4O/c1-12(2)11-20-7-6-17-9-14-10-18-19-15(14)13-4-3-5-16-8-13/h3-5,8,10,17H,1,6-7,9,11H2,2H3,(H,18,19). The van der Waals surface area contributed by atoms with Crippen molar-refractivity contribution >= 4 is 0 Å². The molecule has 0 atom stereocenters. The minimum atomic E-state index is 0.619. The van der Waals surface area contributed by atoms with Crippen LogP contribution in [0.4, 0.5) is 0 Å². The molecule has 106 valence electrons. The van der Waals surface area contributed by atoms with Crippen molar-refractivity contribution in [2.45, 2.75) is 13.5 Å². The van der Waals surface area contributed by atoms with Crippen molar-refractivity contribution in [3.05, 3.63) is 48.4 Å². The lowest BCUT2D eigenvalue weighted by Crippen LogP contribution is -2.19. The van der Waals surface area contributed by atoms with E-state index < -0.39 is 0 Å². The summed E-state index contributed by atoms with van der Waals surface area (Å²) in [4.78, 5) is 4.12. The maximum Gasteiger partial charge on any atom is 0.0710 e. The molecule has 0 spiro atoms. The summed E-state index contributed by atoms with van der Waals surface area (Å²) in [5.74, 6) is 0. The zero-order valence-electron chi connectivity index (χ0n) is 11.7. The van der Waals surface area contributed by atoms with E-state index >= 15 is 0 Å². The molecular weight excluding hydrogens is 252 g/mol. The van der Waals surface area contributed by atoms with E-state index in [-0.39, 0.29) is 0 Å². The molecule has 5 nitrogen and oxygen atoms in total. The van der Waals surface area contributed by atoms with Crippen molar-refractivity contribution < 1.29 is 4.74 Å². The molecule has 2 N–H and O–H groups in total. The van der Waals surface area contributed by atoms with Gasteiger partial charge in [-0.05, 0) is 19.1 Å². The third kappa shape index (κ3) is 4.29. The largest absolute Gasteiger partial charge is 0.376 e. The molecule has 5 heteroatoms. The molecular formula is C15H20N4O. The zero-order valence-corrected chi connectivity index (χ0v) is 11.7. The summed E-state index contributed by atoms with van der Waals surface area (Å²) in [6.07, 6.45) is 5.42. The summed E-state index contributed by atoms with van der Waals surface area (Å²) in [7, 11) is 0. The number of rotatable bonds is 8. The lowest BCUT2D eigenvalue weighted by molar-refractivity contribution is 0.158. The second-order valence-electron chi connectivity index (χ2n) is 4.70. The van der Waals surface area contributed by atoms with Crippen molar-refractivity contribution in [1.82, 2.24) is 20.5 Å². The number of nitrogens with one attached hydrogen (secondary N) is 2. The molecule has 0 fully saturated rings. The van der Waals surface area contributed by atoms with Gasteiger partial charge < -0.3 is 10.1 Å². The summed E-state index contributed by atoms with van der Waals surface area (Å²) < 4.78 is 5.43. The van der Waals surface area contributed by atoms with E-state index in [1.54, 1.807) is 6.20 Å². The van der Waals surface area contributed by atoms with E-state index in [1.807, 2.05) is 31.5 Å². The maximum atomic E-state index is 5.43. The van der Waals surface area contributed by atoms with E-state index in [2.05, 4.69) is 27.1 Å². The fraction of sp³-hybridized carbons (Fsp3) is 0.333. The average molecular weight is 272 g/mol. The smallest absolute Gasteiger partial charge is 0.0710 e. The first-order chi connectivity index (χ1) is 9.77. The molecule has 2 heterocycles. The van der Waals surface area contributed by atoms with Crippen molar-refractivity contribution in [2.75, 3.05) is 19.8 Å². The Bertz CT molecular complexity index is 536. The van der Waals surface area contributed by atoms with Crippen LogP contribution in [0.1, 0.15) is 12.5 Å². The van der Waals surface area contributed by atoms with Crippen LogP contribution < -0.4 is 5.32 Å². The van der Waals surface area contributed by atoms with Gasteiger partial charge >= 0.3 is 0 Å². The van der Waals surface area contributed by atoms with E-state index in [0.717, 1.165) is 35.5 Å². The summed E-state index contributed by atoms with van der Waals surface area (Å²) in [5.41, 5.74) is 4.21. The van der Waals surface area contributed by atoms with E-state index in [4.69, 9.17) is 4.74 Å². The molecule has 0 saturated heterocycles. The third-order valence-electron chi connectivity index (χ3n) is 2.76. The van der Waals surface area contributed by atoms with Crippen molar-refractivity contribution in [3.63, 3.8) is 0 Å². The van der Waals surface area contributed by atoms with Gasteiger partial charge in [-0.3, -0.25) is 10.1 Å². The molecule has 0 aromatic carbocycles. The van der Waals surface area contributed by atoms with Gasteiger partial charge in [0.2, 0.25) is 0 Å². The van der Waals surface area contributed by atoms with Crippen LogP contribution in [0.15, 0.2) is 42.9 Å². The topological polar surface area (TPSA) is 62.8 Å². The van der Waals surface area contributed by atoms with E-state index in [9.17, 15) is 0 Å². The van der Waals surface area contributed by atoms with Crippen LogP contribution in [-0.4, -0.2) is 34.9 Å². The lowest BCUT2D eigenvalue weighted by atomic mass is 10.1. The monoisotopic (exact) mass is 272 g/mol. The van der Waals surface area contributed by atoms with E-state index in [0.29, 0.717) is 13.2 Å². The third-order valence-corrected chi connectivity index (χ3v) is 2.76. The van der Waals surface area contributed by atoms with Gasteiger partial charge in [0.15, 0.2) is 0 Å². The minimum absolute atomic E-state index is 0.619. The van der Waals surface area contributed by atoms with Crippen LogP contribution in [0, 0.1) is 0 Å². The quantitative estimate of drug-likeness (QED) is 0.571. The molecule has 0 aliphatic carbocycles. The molecule has 0 bridgehead atoms. The fourth-order valence-corrected chi connectivity index (χ4v) is 1.82. The van der Waals surface area contributed by atoms with Crippen molar-refractivity contribution in [1.29, 1.82) is 0 Å². The Hall–Kier alpha value is -1.98. The molecule has 0 saturated carbocycles. The molecule has 0 unspecified atom stereocenters. The highest BCUT2D eigenvalue weighted by Crippen LogP contribution is 2.19. The summed E-state index contributed by atoms with van der Waals surface area (Å²) in [5, 5.41) is 10.5. The molecule has 20 heavy (non-hydrogen) atoms. The maximum absolute atomic E-state index is 5.43. The number of aromatic amines is 1. The van der Waals surface area contributed by atoms with Crippen molar-refractivity contribution in [2.24, 2.45) is 0 Å². The Balaban J connectivity index is 1.80. The Morgan fingerprint density at radius 3 is 3.10 bits per heavy atom. The van der Waals surface area contributed by atoms with Gasteiger partial charge in [0, 0.05) is 36.6 Å². The number of aromatic nitrogens is 3. The van der Waals surface area contributed by atoms with Gasteiger partial charge in [-0.15, -0.1) is 0 Å². The molecule has 2 aromatic heterocycles. The van der Waals surface area contributed by atoms with Crippen LogP contribution in [0.25, 0.3) is 11.3 Å². The molecule has 0 aliphatic rings. The summed E-state index contributed by atoms with van der Waals surface area (Å²) in [6, 6.07) is 3.93. The number of ether oxygens (including phenoxy) is 1. The fourth-order valence-electron chi connectivity index (χ4n) is 1.82. The SMILES string of the molecule is C=C(C)COCCNCc1cn[nH]c1-c1cccnc1. The normalized spacial score (nSPS) is 10.7. The molecule has 0 aliphatic heterocycles. The minimum Gasteiger partial charge on any atom is -0.376 e. The lowest BCUT2D eigenvalue weighted by Gasteiger charge is -2.06. The Kier molecular flexibility index (Phi) is 5.46. The highest BCUT2D eigenvalue weighted by molar-refractivity contribution is 5.61. The highest BCUT2D eigenvalue weighted by Gasteiger charge is 2.06. The molecule has 0 radical (unpaired) electrons. The first-order valence-corrected chi connectivity index (χ1v) is 6.63. The van der Waals surface area contributed by atoms with Crippen LogP contribution in [0.5, 0.6) is 0 Å². The van der Waals surface area contributed by atoms with Gasteiger partial charge in [0.05, 0.1) is 25.1 Å². The van der Waals surface area contributed by atoms with Gasteiger partial charge in [-0.2, -0.15) is 5.10 Å². The van der Waals surface area contributed by atoms with Gasteiger partial charge in [-0.25, -0.2) is 0 Å². The number of nitrogens with zero attached hydrogens (tertiary/aromatic N) is 2. The van der Waals surface area contributed by atoms with Gasteiger partial charge in [-0.1, -0.05) is 12.2 Å². The van der Waals surface area contributed by atoms with E-state index in [1.165, 1.54) is 0 Å². The van der Waals surface area contributed by atoms with Crippen LogP contribution in [-0.2, 0) is 11.3 Å². The molecule has 0 amide bonds. The molecule has 2 aromatic rings. The second-order valence-corrected chi connectivity index (χ2v) is 4.70. The number of H-pyrrole nitrogens is 1. The predicted octanol–water partition coefficient (Wildman–Crippen LogP) is 2.15. The second kappa shape index (κ2) is 7.57.